The molecule has 5 nitrogen and oxygen atoms in total. The first-order chi connectivity index (χ1) is 13.8. The van der Waals surface area contributed by atoms with E-state index in [-0.39, 0.29) is 17.0 Å². The maximum atomic E-state index is 13.6. The lowest BCUT2D eigenvalue weighted by molar-refractivity contribution is -0.142. The van der Waals surface area contributed by atoms with Gasteiger partial charge in [0, 0.05) is 22.3 Å². The molecule has 1 amide bonds. The minimum Gasteiger partial charge on any atom is -0.321 e. The topological polar surface area (TPSA) is 59.3 Å². The molecule has 4 aromatic rings. The molecule has 4 rings (SSSR count). The summed E-state index contributed by atoms with van der Waals surface area (Å²) in [6.07, 6.45) is -4.68. The molecule has 0 bridgehead atoms. The molecule has 0 fully saturated rings. The van der Waals surface area contributed by atoms with Crippen LogP contribution in [0.3, 0.4) is 0 Å². The zero-order valence-corrected chi connectivity index (χ0v) is 15.4. The summed E-state index contributed by atoms with van der Waals surface area (Å²) in [5, 5.41) is 6.88. The van der Waals surface area contributed by atoms with Gasteiger partial charge in [-0.2, -0.15) is 18.3 Å². The third-order valence-corrected chi connectivity index (χ3v) is 4.37. The van der Waals surface area contributed by atoms with Gasteiger partial charge in [0.05, 0.1) is 5.69 Å². The Morgan fingerprint density at radius 3 is 2.34 bits per heavy atom. The van der Waals surface area contributed by atoms with Gasteiger partial charge >= 0.3 is 6.18 Å². The number of benzene rings is 2. The van der Waals surface area contributed by atoms with Crippen molar-refractivity contribution in [2.75, 3.05) is 5.32 Å². The summed E-state index contributed by atoms with van der Waals surface area (Å²) in [6, 6.07) is 16.9. The van der Waals surface area contributed by atoms with Crippen molar-refractivity contribution in [3.8, 4) is 11.3 Å². The third-order valence-electron chi connectivity index (χ3n) is 4.12. The summed E-state index contributed by atoms with van der Waals surface area (Å²) < 4.78 is 41.4. The van der Waals surface area contributed by atoms with E-state index in [0.29, 0.717) is 20.8 Å². The van der Waals surface area contributed by atoms with Gasteiger partial charge in [-0.15, -0.1) is 0 Å². The highest BCUT2D eigenvalue weighted by molar-refractivity contribution is 6.30. The first-order valence-corrected chi connectivity index (χ1v) is 8.79. The van der Waals surface area contributed by atoms with Gasteiger partial charge in [0.2, 0.25) is 0 Å². The Hall–Kier alpha value is -3.39. The molecule has 0 spiro atoms. The predicted octanol–water partition coefficient (Wildman–Crippen LogP) is 5.32. The molecule has 9 heteroatoms. The van der Waals surface area contributed by atoms with Crippen LogP contribution in [0, 0.1) is 0 Å². The number of nitrogens with zero attached hydrogens (tertiary/aromatic N) is 3. The van der Waals surface area contributed by atoms with E-state index in [9.17, 15) is 18.0 Å². The molecule has 0 radical (unpaired) electrons. The number of carbonyl (C=O) groups is 1. The lowest BCUT2D eigenvalue weighted by Crippen LogP contribution is -2.15. The summed E-state index contributed by atoms with van der Waals surface area (Å²) in [5.74, 6) is -0.660. The Balaban J connectivity index is 1.77. The van der Waals surface area contributed by atoms with Crippen LogP contribution in [-0.4, -0.2) is 20.5 Å². The summed E-state index contributed by atoms with van der Waals surface area (Å²) in [7, 11) is 0. The maximum Gasteiger partial charge on any atom is 0.433 e. The minimum atomic E-state index is -4.68. The van der Waals surface area contributed by atoms with Crippen LogP contribution in [-0.2, 0) is 6.18 Å². The van der Waals surface area contributed by atoms with E-state index in [2.05, 4.69) is 15.4 Å². The van der Waals surface area contributed by atoms with E-state index in [1.54, 1.807) is 54.6 Å². The van der Waals surface area contributed by atoms with Crippen molar-refractivity contribution in [3.05, 3.63) is 83.1 Å². The molecular formula is C20H12ClF3N4O. The predicted molar refractivity (Wildman–Crippen MR) is 103 cm³/mol. The molecule has 0 aliphatic heterocycles. The Labute approximate surface area is 167 Å². The van der Waals surface area contributed by atoms with E-state index < -0.39 is 17.8 Å². The first kappa shape index (κ1) is 18.9. The SMILES string of the molecule is O=C(Nc1ccc(Cl)cc1)c1cc2nc(-c3ccccc3)cc(C(F)(F)F)n2n1. The fourth-order valence-corrected chi connectivity index (χ4v) is 2.90. The van der Waals surface area contributed by atoms with E-state index in [4.69, 9.17) is 11.6 Å². The van der Waals surface area contributed by atoms with Gasteiger partial charge in [0.1, 0.15) is 0 Å². The van der Waals surface area contributed by atoms with E-state index >= 15 is 0 Å². The quantitative estimate of drug-likeness (QED) is 0.491. The van der Waals surface area contributed by atoms with Crippen molar-refractivity contribution in [2.24, 2.45) is 0 Å². The van der Waals surface area contributed by atoms with E-state index in [1.807, 2.05) is 0 Å². The number of aromatic nitrogens is 3. The molecule has 0 saturated carbocycles. The smallest absolute Gasteiger partial charge is 0.321 e. The lowest BCUT2D eigenvalue weighted by Gasteiger charge is -2.10. The summed E-state index contributed by atoms with van der Waals surface area (Å²) in [5.41, 5.74) is -0.204. The highest BCUT2D eigenvalue weighted by atomic mass is 35.5. The molecule has 0 aliphatic carbocycles. The van der Waals surface area contributed by atoms with Gasteiger partial charge in [0.25, 0.3) is 5.91 Å². The Kier molecular flexibility index (Phi) is 4.71. The van der Waals surface area contributed by atoms with Gasteiger partial charge in [-0.1, -0.05) is 41.9 Å². The second-order valence-electron chi connectivity index (χ2n) is 6.15. The normalized spacial score (nSPS) is 11.6. The van der Waals surface area contributed by atoms with Gasteiger partial charge < -0.3 is 5.32 Å². The lowest BCUT2D eigenvalue weighted by atomic mass is 10.1. The zero-order chi connectivity index (χ0) is 20.6. The fraction of sp³-hybridized carbons (Fsp3) is 0.0500. The van der Waals surface area contributed by atoms with Crippen molar-refractivity contribution in [1.82, 2.24) is 14.6 Å². The molecule has 2 aromatic heterocycles. The van der Waals surface area contributed by atoms with Crippen molar-refractivity contribution in [3.63, 3.8) is 0 Å². The Morgan fingerprint density at radius 1 is 1.00 bits per heavy atom. The number of amides is 1. The number of hydrogen-bond donors (Lipinski definition) is 1. The Bertz CT molecular complexity index is 1190. The number of carbonyl (C=O) groups excluding carboxylic acids is 1. The summed E-state index contributed by atoms with van der Waals surface area (Å²) in [6.45, 7) is 0. The van der Waals surface area contributed by atoms with Crippen LogP contribution in [0.25, 0.3) is 16.9 Å². The molecule has 2 heterocycles. The van der Waals surface area contributed by atoms with Gasteiger partial charge in [-0.05, 0) is 30.3 Å². The second-order valence-corrected chi connectivity index (χ2v) is 6.59. The average Bonchev–Trinajstić information content (AvgIpc) is 3.13. The average molecular weight is 417 g/mol. The van der Waals surface area contributed by atoms with Crippen LogP contribution in [0.2, 0.25) is 5.02 Å². The van der Waals surface area contributed by atoms with Crippen LogP contribution >= 0.6 is 11.6 Å². The number of rotatable bonds is 3. The van der Waals surface area contributed by atoms with Crippen molar-refractivity contribution >= 4 is 28.8 Å². The van der Waals surface area contributed by atoms with E-state index in [0.717, 1.165) is 6.07 Å². The standard InChI is InChI=1S/C20H12ClF3N4O/c21-13-6-8-14(9-7-13)25-19(29)16-11-18-26-15(12-4-2-1-3-5-12)10-17(20(22,23)24)28(18)27-16/h1-11H,(H,25,29). The second kappa shape index (κ2) is 7.21. The molecule has 1 N–H and O–H groups in total. The highest BCUT2D eigenvalue weighted by Gasteiger charge is 2.35. The summed E-state index contributed by atoms with van der Waals surface area (Å²) in [4.78, 5) is 16.7. The van der Waals surface area contributed by atoms with Gasteiger partial charge in [-0.25, -0.2) is 9.50 Å². The molecule has 29 heavy (non-hydrogen) atoms. The van der Waals surface area contributed by atoms with Crippen molar-refractivity contribution in [2.45, 2.75) is 6.18 Å². The monoisotopic (exact) mass is 416 g/mol. The molecule has 146 valence electrons. The van der Waals surface area contributed by atoms with Gasteiger partial charge in [-0.3, -0.25) is 4.79 Å². The van der Waals surface area contributed by atoms with Crippen LogP contribution in [0.1, 0.15) is 16.2 Å². The Morgan fingerprint density at radius 2 is 1.69 bits per heavy atom. The van der Waals surface area contributed by atoms with E-state index in [1.165, 1.54) is 6.07 Å². The highest BCUT2D eigenvalue weighted by Crippen LogP contribution is 2.32. The van der Waals surface area contributed by atoms with Crippen molar-refractivity contribution in [1.29, 1.82) is 0 Å². The zero-order valence-electron chi connectivity index (χ0n) is 14.6. The number of halogens is 4. The molecule has 0 atom stereocenters. The number of nitrogens with one attached hydrogen (secondary N) is 1. The van der Waals surface area contributed by atoms with Gasteiger partial charge in [0.15, 0.2) is 17.0 Å². The third kappa shape index (κ3) is 3.93. The first-order valence-electron chi connectivity index (χ1n) is 8.41. The van der Waals surface area contributed by atoms with Crippen LogP contribution in [0.15, 0.2) is 66.7 Å². The maximum absolute atomic E-state index is 13.6. The molecular weight excluding hydrogens is 405 g/mol. The molecule has 0 unspecified atom stereocenters. The molecule has 0 saturated heterocycles. The number of alkyl halides is 3. The van der Waals surface area contributed by atoms with Crippen LogP contribution < -0.4 is 5.32 Å². The van der Waals surface area contributed by atoms with Crippen LogP contribution in [0.4, 0.5) is 18.9 Å². The molecule has 2 aromatic carbocycles. The minimum absolute atomic E-state index is 0.0834. The number of anilines is 1. The molecule has 0 aliphatic rings. The largest absolute Gasteiger partial charge is 0.433 e. The van der Waals surface area contributed by atoms with Crippen LogP contribution in [0.5, 0.6) is 0 Å². The fourth-order valence-electron chi connectivity index (χ4n) is 2.77. The summed E-state index contributed by atoms with van der Waals surface area (Å²) >= 11 is 5.80. The van der Waals surface area contributed by atoms with Crippen molar-refractivity contribution < 1.29 is 18.0 Å². The number of hydrogen-bond acceptors (Lipinski definition) is 3. The number of fused-ring (bicyclic) bond motifs is 1.